The first-order valence-electron chi connectivity index (χ1n) is 5.45. The van der Waals surface area contributed by atoms with Gasteiger partial charge in [-0.25, -0.2) is 4.98 Å². The molecule has 1 aromatic rings. The third kappa shape index (κ3) is 3.16. The second-order valence-corrected chi connectivity index (χ2v) is 4.20. The lowest BCUT2D eigenvalue weighted by Gasteiger charge is -2.22. The number of carbonyl (C=O) groups excluding carboxylic acids is 1. The van der Waals surface area contributed by atoms with Gasteiger partial charge >= 0.3 is 5.97 Å². The number of hydrogen-bond acceptors (Lipinski definition) is 4. The smallest absolute Gasteiger partial charge is 0.311 e. The number of nitrogens with one attached hydrogen (secondary N) is 2. The molecule has 1 unspecified atom stereocenters. The number of carboxylic acids is 1. The Kier molecular flexibility index (Phi) is 4.19. The summed E-state index contributed by atoms with van der Waals surface area (Å²) >= 11 is 0. The lowest BCUT2D eigenvalue weighted by Crippen LogP contribution is -2.41. The highest BCUT2D eigenvalue weighted by Gasteiger charge is 2.31. The predicted octanol–water partition coefficient (Wildman–Crippen LogP) is 0.000600. The molecule has 0 aliphatic carbocycles. The van der Waals surface area contributed by atoms with E-state index in [1.165, 1.54) is 6.20 Å². The molecule has 0 saturated heterocycles. The number of amides is 1. The summed E-state index contributed by atoms with van der Waals surface area (Å²) in [5, 5.41) is 11.5. The van der Waals surface area contributed by atoms with Gasteiger partial charge in [-0.05, 0) is 13.3 Å². The SMILES string of the molecule is CCC(C)(CNC(=O)c1c[nH]c(=O)cn1)C(=O)O. The molecule has 0 bridgehead atoms. The third-order valence-electron chi connectivity index (χ3n) is 2.84. The topological polar surface area (TPSA) is 112 Å². The molecular weight excluding hydrogens is 238 g/mol. The molecule has 1 heterocycles. The molecule has 1 aromatic heterocycles. The Morgan fingerprint density at radius 1 is 1.56 bits per heavy atom. The number of H-pyrrole nitrogens is 1. The van der Waals surface area contributed by atoms with Crippen LogP contribution in [0.25, 0.3) is 0 Å². The van der Waals surface area contributed by atoms with Crippen LogP contribution in [0, 0.1) is 5.41 Å². The van der Waals surface area contributed by atoms with E-state index < -0.39 is 22.9 Å². The summed E-state index contributed by atoms with van der Waals surface area (Å²) in [5.74, 6) is -1.49. The van der Waals surface area contributed by atoms with Crippen molar-refractivity contribution in [3.05, 3.63) is 28.4 Å². The molecule has 18 heavy (non-hydrogen) atoms. The Hall–Kier alpha value is -2.18. The summed E-state index contributed by atoms with van der Waals surface area (Å²) in [6, 6.07) is 0. The first-order chi connectivity index (χ1) is 8.39. The van der Waals surface area contributed by atoms with Crippen molar-refractivity contribution < 1.29 is 14.7 Å². The van der Waals surface area contributed by atoms with Gasteiger partial charge in [0.2, 0.25) is 0 Å². The summed E-state index contributed by atoms with van der Waals surface area (Å²) in [5.41, 5.74) is -1.38. The van der Waals surface area contributed by atoms with Gasteiger partial charge in [0.15, 0.2) is 0 Å². The van der Waals surface area contributed by atoms with Gasteiger partial charge in [0.25, 0.3) is 11.5 Å². The van der Waals surface area contributed by atoms with Crippen molar-refractivity contribution in [2.24, 2.45) is 5.41 Å². The summed E-state index contributed by atoms with van der Waals surface area (Å²) in [7, 11) is 0. The zero-order valence-corrected chi connectivity index (χ0v) is 10.2. The minimum Gasteiger partial charge on any atom is -0.481 e. The van der Waals surface area contributed by atoms with Gasteiger partial charge in [-0.15, -0.1) is 0 Å². The first kappa shape index (κ1) is 13.9. The number of nitrogens with zero attached hydrogens (tertiary/aromatic N) is 1. The molecule has 1 amide bonds. The number of rotatable bonds is 5. The van der Waals surface area contributed by atoms with Gasteiger partial charge < -0.3 is 15.4 Å². The lowest BCUT2D eigenvalue weighted by atomic mass is 9.88. The van der Waals surface area contributed by atoms with Crippen molar-refractivity contribution in [2.45, 2.75) is 20.3 Å². The van der Waals surface area contributed by atoms with Gasteiger partial charge in [0, 0.05) is 12.7 Å². The fourth-order valence-corrected chi connectivity index (χ4v) is 1.18. The highest BCUT2D eigenvalue weighted by atomic mass is 16.4. The van der Waals surface area contributed by atoms with Gasteiger partial charge in [0.1, 0.15) is 5.69 Å². The van der Waals surface area contributed by atoms with E-state index in [1.807, 2.05) is 0 Å². The van der Waals surface area contributed by atoms with E-state index in [2.05, 4.69) is 15.3 Å². The largest absolute Gasteiger partial charge is 0.481 e. The second kappa shape index (κ2) is 5.44. The Morgan fingerprint density at radius 3 is 2.67 bits per heavy atom. The minimum atomic E-state index is -1.02. The summed E-state index contributed by atoms with van der Waals surface area (Å²) < 4.78 is 0. The Morgan fingerprint density at radius 2 is 2.22 bits per heavy atom. The highest BCUT2D eigenvalue weighted by molar-refractivity contribution is 5.92. The molecule has 0 aliphatic heterocycles. The second-order valence-electron chi connectivity index (χ2n) is 4.20. The normalized spacial score (nSPS) is 13.7. The monoisotopic (exact) mass is 253 g/mol. The maximum Gasteiger partial charge on any atom is 0.311 e. The molecule has 1 rings (SSSR count). The predicted molar refractivity (Wildman–Crippen MR) is 63.2 cm³/mol. The van der Waals surface area contributed by atoms with E-state index in [0.717, 1.165) is 6.20 Å². The molecule has 7 heteroatoms. The summed E-state index contributed by atoms with van der Waals surface area (Å²) in [6.07, 6.45) is 2.56. The maximum absolute atomic E-state index is 11.7. The molecule has 0 aliphatic rings. The van der Waals surface area contributed by atoms with Crippen molar-refractivity contribution in [3.63, 3.8) is 0 Å². The number of aliphatic carboxylic acids is 1. The Bertz CT molecular complexity index is 491. The van der Waals surface area contributed by atoms with Crippen LogP contribution in [0.2, 0.25) is 0 Å². The van der Waals surface area contributed by atoms with Crippen molar-refractivity contribution in [1.29, 1.82) is 0 Å². The quantitative estimate of drug-likeness (QED) is 0.683. The summed E-state index contributed by atoms with van der Waals surface area (Å²) in [6.45, 7) is 3.28. The van der Waals surface area contributed by atoms with E-state index in [-0.39, 0.29) is 12.2 Å². The van der Waals surface area contributed by atoms with Crippen molar-refractivity contribution in [1.82, 2.24) is 15.3 Å². The Balaban J connectivity index is 2.69. The van der Waals surface area contributed by atoms with Crippen LogP contribution in [0.1, 0.15) is 30.8 Å². The van der Waals surface area contributed by atoms with Crippen LogP contribution >= 0.6 is 0 Å². The molecule has 1 atom stereocenters. The van der Waals surface area contributed by atoms with E-state index in [4.69, 9.17) is 5.11 Å². The standard InChI is InChI=1S/C11H15N3O4/c1-3-11(2,10(17)18)6-14-9(16)7-4-13-8(15)5-12-7/h4-5H,3,6H2,1-2H3,(H,13,15)(H,14,16)(H,17,18). The molecule has 0 saturated carbocycles. The number of aromatic amines is 1. The maximum atomic E-state index is 11.7. The zero-order valence-electron chi connectivity index (χ0n) is 10.2. The average Bonchev–Trinajstić information content (AvgIpc) is 2.36. The molecule has 7 nitrogen and oxygen atoms in total. The number of hydrogen-bond donors (Lipinski definition) is 3. The van der Waals surface area contributed by atoms with Crippen molar-refractivity contribution in [2.75, 3.05) is 6.54 Å². The van der Waals surface area contributed by atoms with Gasteiger partial charge in [-0.1, -0.05) is 6.92 Å². The fraction of sp³-hybridized carbons (Fsp3) is 0.455. The average molecular weight is 253 g/mol. The van der Waals surface area contributed by atoms with Crippen LogP contribution in [0.15, 0.2) is 17.2 Å². The molecule has 3 N–H and O–H groups in total. The van der Waals surface area contributed by atoms with E-state index >= 15 is 0 Å². The van der Waals surface area contributed by atoms with Crippen LogP contribution in [-0.4, -0.2) is 33.5 Å². The zero-order chi connectivity index (χ0) is 13.8. The van der Waals surface area contributed by atoms with E-state index in [9.17, 15) is 14.4 Å². The van der Waals surface area contributed by atoms with Gasteiger partial charge in [-0.3, -0.25) is 14.4 Å². The Labute approximate surface area is 103 Å². The lowest BCUT2D eigenvalue weighted by molar-refractivity contribution is -0.147. The van der Waals surface area contributed by atoms with Crippen LogP contribution < -0.4 is 10.9 Å². The third-order valence-corrected chi connectivity index (χ3v) is 2.84. The molecule has 98 valence electrons. The van der Waals surface area contributed by atoms with Crippen LogP contribution in [0.3, 0.4) is 0 Å². The van der Waals surface area contributed by atoms with Crippen molar-refractivity contribution >= 4 is 11.9 Å². The van der Waals surface area contributed by atoms with Crippen LogP contribution in [-0.2, 0) is 4.79 Å². The fourth-order valence-electron chi connectivity index (χ4n) is 1.18. The van der Waals surface area contributed by atoms with Crippen molar-refractivity contribution in [3.8, 4) is 0 Å². The molecule has 0 spiro atoms. The van der Waals surface area contributed by atoms with Gasteiger partial charge in [-0.2, -0.15) is 0 Å². The van der Waals surface area contributed by atoms with Crippen LogP contribution in [0.4, 0.5) is 0 Å². The number of carbonyl (C=O) groups is 2. The highest BCUT2D eigenvalue weighted by Crippen LogP contribution is 2.19. The number of carboxylic acid groups (broad SMARTS) is 1. The van der Waals surface area contributed by atoms with Gasteiger partial charge in [0.05, 0.1) is 11.6 Å². The molecular formula is C11H15N3O4. The van der Waals surface area contributed by atoms with Crippen LogP contribution in [0.5, 0.6) is 0 Å². The molecule has 0 aromatic carbocycles. The molecule has 0 fully saturated rings. The minimum absolute atomic E-state index is 0.00151. The van der Waals surface area contributed by atoms with E-state index in [0.29, 0.717) is 6.42 Å². The first-order valence-corrected chi connectivity index (χ1v) is 5.45. The van der Waals surface area contributed by atoms with E-state index in [1.54, 1.807) is 13.8 Å². The number of aromatic nitrogens is 2. The molecule has 0 radical (unpaired) electrons. The summed E-state index contributed by atoms with van der Waals surface area (Å²) in [4.78, 5) is 39.4.